The van der Waals surface area contributed by atoms with Crippen LogP contribution in [0.4, 0.5) is 0 Å². The average Bonchev–Trinajstić information content (AvgIpc) is 3.06. The lowest BCUT2D eigenvalue weighted by molar-refractivity contribution is 0.0936. The summed E-state index contributed by atoms with van der Waals surface area (Å²) in [4.78, 5) is 18.9. The quantitative estimate of drug-likeness (QED) is 0.873. The average molecular weight is 327 g/mol. The Morgan fingerprint density at radius 3 is 2.83 bits per heavy atom. The number of carbonyl (C=O) groups excluding carboxylic acids is 1. The number of pyridine rings is 1. The summed E-state index contributed by atoms with van der Waals surface area (Å²) in [6.07, 6.45) is 8.48. The number of likely N-dealkylation sites (tertiary alicyclic amines) is 1. The molecule has 0 spiro atoms. The second-order valence-corrected chi connectivity index (χ2v) is 6.47. The minimum absolute atomic E-state index is 0.0271. The first kappa shape index (κ1) is 16.6. The zero-order valence-electron chi connectivity index (χ0n) is 14.2. The Hall–Kier alpha value is -2.21. The molecule has 24 heavy (non-hydrogen) atoms. The normalized spacial score (nSPS) is 16.2. The largest absolute Gasteiger partial charge is 0.352 e. The van der Waals surface area contributed by atoms with Gasteiger partial charge in [0.15, 0.2) is 0 Å². The third-order valence-electron chi connectivity index (χ3n) is 4.64. The molecule has 2 aromatic heterocycles. The van der Waals surface area contributed by atoms with E-state index in [1.165, 1.54) is 0 Å². The van der Waals surface area contributed by atoms with E-state index in [0.29, 0.717) is 11.5 Å². The first-order valence-corrected chi connectivity index (χ1v) is 8.60. The molecule has 0 atom stereocenters. The minimum atomic E-state index is -0.0271. The molecule has 6 nitrogen and oxygen atoms in total. The van der Waals surface area contributed by atoms with E-state index in [0.717, 1.165) is 51.1 Å². The highest BCUT2D eigenvalue weighted by molar-refractivity contribution is 5.93. The number of piperidine rings is 1. The number of nitrogens with zero attached hydrogens (tertiary/aromatic N) is 4. The molecule has 0 unspecified atom stereocenters. The summed E-state index contributed by atoms with van der Waals surface area (Å²) >= 11 is 0. The summed E-state index contributed by atoms with van der Waals surface area (Å²) < 4.78 is 1.65. The number of nitrogens with one attached hydrogen (secondary N) is 1. The Balaban J connectivity index is 1.35. The molecule has 3 rings (SSSR count). The minimum Gasteiger partial charge on any atom is -0.352 e. The fourth-order valence-electron chi connectivity index (χ4n) is 3.11. The van der Waals surface area contributed by atoms with Crippen LogP contribution in [0.5, 0.6) is 0 Å². The van der Waals surface area contributed by atoms with Crippen LogP contribution in [-0.4, -0.2) is 51.8 Å². The molecule has 128 valence electrons. The van der Waals surface area contributed by atoms with Gasteiger partial charge in [0.1, 0.15) is 0 Å². The standard InChI is InChI=1S/C18H25N5O/c1-22-14-16(13-21-22)18(24)20-12-15-5-9-23(10-6-15)11-7-17-4-2-3-8-19-17/h2-4,8,13-15H,5-7,9-12H2,1H3,(H,20,24). The van der Waals surface area contributed by atoms with Crippen molar-refractivity contribution in [2.24, 2.45) is 13.0 Å². The lowest BCUT2D eigenvalue weighted by Crippen LogP contribution is -2.39. The van der Waals surface area contributed by atoms with Crippen LogP contribution in [0.25, 0.3) is 0 Å². The lowest BCUT2D eigenvalue weighted by Gasteiger charge is -2.31. The van der Waals surface area contributed by atoms with Crippen LogP contribution in [0.15, 0.2) is 36.8 Å². The molecular weight excluding hydrogens is 302 g/mol. The van der Waals surface area contributed by atoms with Gasteiger partial charge in [-0.05, 0) is 44.0 Å². The summed E-state index contributed by atoms with van der Waals surface area (Å²) in [5.41, 5.74) is 1.79. The Kier molecular flexibility index (Phi) is 5.59. The van der Waals surface area contributed by atoms with Crippen molar-refractivity contribution in [1.82, 2.24) is 25.0 Å². The SMILES string of the molecule is Cn1cc(C(=O)NCC2CCN(CCc3ccccn3)CC2)cn1. The van der Waals surface area contributed by atoms with E-state index in [4.69, 9.17) is 0 Å². The maximum atomic E-state index is 12.0. The van der Waals surface area contributed by atoms with Crippen molar-refractivity contribution in [2.75, 3.05) is 26.2 Å². The summed E-state index contributed by atoms with van der Waals surface area (Å²) in [5.74, 6) is 0.539. The van der Waals surface area contributed by atoms with Crippen molar-refractivity contribution < 1.29 is 4.79 Å². The molecule has 1 aliphatic heterocycles. The molecule has 6 heteroatoms. The monoisotopic (exact) mass is 327 g/mol. The van der Waals surface area contributed by atoms with E-state index in [1.54, 1.807) is 17.1 Å². The van der Waals surface area contributed by atoms with Crippen molar-refractivity contribution >= 4 is 5.91 Å². The van der Waals surface area contributed by atoms with Crippen molar-refractivity contribution in [3.8, 4) is 0 Å². The zero-order valence-corrected chi connectivity index (χ0v) is 14.2. The van der Waals surface area contributed by atoms with E-state index in [-0.39, 0.29) is 5.91 Å². The summed E-state index contributed by atoms with van der Waals surface area (Å²) in [5, 5.41) is 7.07. The smallest absolute Gasteiger partial charge is 0.254 e. The lowest BCUT2D eigenvalue weighted by atomic mass is 9.96. The molecule has 0 radical (unpaired) electrons. The molecule has 0 bridgehead atoms. The van der Waals surface area contributed by atoms with Gasteiger partial charge in [0.05, 0.1) is 11.8 Å². The first-order chi connectivity index (χ1) is 11.7. The topological polar surface area (TPSA) is 63.1 Å². The number of carbonyl (C=O) groups is 1. The predicted molar refractivity (Wildman–Crippen MR) is 92.6 cm³/mol. The predicted octanol–water partition coefficient (Wildman–Crippen LogP) is 1.50. The van der Waals surface area contributed by atoms with E-state index >= 15 is 0 Å². The first-order valence-electron chi connectivity index (χ1n) is 8.60. The molecule has 0 aromatic carbocycles. The molecule has 0 aliphatic carbocycles. The molecule has 1 N–H and O–H groups in total. The van der Waals surface area contributed by atoms with Gasteiger partial charge in [-0.3, -0.25) is 14.5 Å². The number of rotatable bonds is 6. The van der Waals surface area contributed by atoms with Gasteiger partial charge in [-0.25, -0.2) is 0 Å². The van der Waals surface area contributed by atoms with Crippen LogP contribution in [-0.2, 0) is 13.5 Å². The van der Waals surface area contributed by atoms with Crippen molar-refractivity contribution in [3.05, 3.63) is 48.0 Å². The highest BCUT2D eigenvalue weighted by atomic mass is 16.1. The fourth-order valence-corrected chi connectivity index (χ4v) is 3.11. The number of aryl methyl sites for hydroxylation is 1. The molecule has 1 aliphatic rings. The molecule has 0 saturated carbocycles. The van der Waals surface area contributed by atoms with Gasteiger partial charge in [0, 0.05) is 44.6 Å². The van der Waals surface area contributed by atoms with Crippen LogP contribution in [0.2, 0.25) is 0 Å². The Morgan fingerprint density at radius 1 is 1.33 bits per heavy atom. The Morgan fingerprint density at radius 2 is 2.17 bits per heavy atom. The second-order valence-electron chi connectivity index (χ2n) is 6.47. The second kappa shape index (κ2) is 8.06. The van der Waals surface area contributed by atoms with E-state index < -0.39 is 0 Å². The van der Waals surface area contributed by atoms with Gasteiger partial charge >= 0.3 is 0 Å². The number of amides is 1. The highest BCUT2D eigenvalue weighted by Crippen LogP contribution is 2.16. The van der Waals surface area contributed by atoms with Crippen LogP contribution >= 0.6 is 0 Å². The van der Waals surface area contributed by atoms with Gasteiger partial charge in [0.25, 0.3) is 5.91 Å². The number of hydrogen-bond acceptors (Lipinski definition) is 4. The number of aromatic nitrogens is 3. The van der Waals surface area contributed by atoms with Crippen molar-refractivity contribution in [2.45, 2.75) is 19.3 Å². The summed E-state index contributed by atoms with van der Waals surface area (Å²) in [6.45, 7) is 4.01. The third-order valence-corrected chi connectivity index (χ3v) is 4.64. The Bertz CT molecular complexity index is 646. The van der Waals surface area contributed by atoms with Crippen LogP contribution < -0.4 is 5.32 Å². The van der Waals surface area contributed by atoms with Gasteiger partial charge < -0.3 is 10.2 Å². The van der Waals surface area contributed by atoms with E-state index in [9.17, 15) is 4.79 Å². The Labute approximate surface area is 142 Å². The fraction of sp³-hybridized carbons (Fsp3) is 0.500. The molecule has 3 heterocycles. The molecule has 1 fully saturated rings. The summed E-state index contributed by atoms with van der Waals surface area (Å²) in [7, 11) is 1.82. The highest BCUT2D eigenvalue weighted by Gasteiger charge is 2.20. The van der Waals surface area contributed by atoms with Crippen molar-refractivity contribution in [3.63, 3.8) is 0 Å². The maximum Gasteiger partial charge on any atom is 0.254 e. The third kappa shape index (κ3) is 4.64. The van der Waals surface area contributed by atoms with Crippen molar-refractivity contribution in [1.29, 1.82) is 0 Å². The van der Waals surface area contributed by atoms with Gasteiger partial charge in [-0.2, -0.15) is 5.10 Å². The van der Waals surface area contributed by atoms with E-state index in [1.807, 2.05) is 25.4 Å². The zero-order chi connectivity index (χ0) is 16.8. The van der Waals surface area contributed by atoms with Crippen LogP contribution in [0.1, 0.15) is 28.9 Å². The maximum absolute atomic E-state index is 12.0. The summed E-state index contributed by atoms with van der Waals surface area (Å²) in [6, 6.07) is 6.08. The van der Waals surface area contributed by atoms with Crippen LogP contribution in [0.3, 0.4) is 0 Å². The molecular formula is C18H25N5O. The van der Waals surface area contributed by atoms with Gasteiger partial charge in [-0.1, -0.05) is 6.07 Å². The molecule has 1 saturated heterocycles. The van der Waals surface area contributed by atoms with Gasteiger partial charge in [0.2, 0.25) is 0 Å². The molecule has 1 amide bonds. The van der Waals surface area contributed by atoms with E-state index in [2.05, 4.69) is 26.4 Å². The van der Waals surface area contributed by atoms with Crippen LogP contribution in [0, 0.1) is 5.92 Å². The number of hydrogen-bond donors (Lipinski definition) is 1. The van der Waals surface area contributed by atoms with Gasteiger partial charge in [-0.15, -0.1) is 0 Å². The molecule has 2 aromatic rings.